The van der Waals surface area contributed by atoms with Crippen LogP contribution in [0.1, 0.15) is 37.9 Å². The van der Waals surface area contributed by atoms with Gasteiger partial charge in [0.25, 0.3) is 0 Å². The standard InChI is InChI=1S/C14H26N4O2/c1-18-11-16-14(17-18)7-8-15-9-12(19)10-20-13-5-3-2-4-6-13/h11-13,15,19H,2-10H2,1H3. The zero-order valence-electron chi connectivity index (χ0n) is 12.3. The summed E-state index contributed by atoms with van der Waals surface area (Å²) in [6, 6.07) is 0. The number of rotatable bonds is 8. The molecule has 0 bridgehead atoms. The summed E-state index contributed by atoms with van der Waals surface area (Å²) >= 11 is 0. The van der Waals surface area contributed by atoms with Gasteiger partial charge in [-0.3, -0.25) is 4.68 Å². The highest BCUT2D eigenvalue weighted by Gasteiger charge is 2.15. The van der Waals surface area contributed by atoms with Crippen LogP contribution in [0.15, 0.2) is 6.33 Å². The molecule has 2 N–H and O–H groups in total. The maximum Gasteiger partial charge on any atom is 0.151 e. The molecule has 1 fully saturated rings. The molecule has 0 saturated heterocycles. The summed E-state index contributed by atoms with van der Waals surface area (Å²) in [5, 5.41) is 17.3. The van der Waals surface area contributed by atoms with Crippen molar-refractivity contribution < 1.29 is 9.84 Å². The Labute approximate surface area is 120 Å². The second kappa shape index (κ2) is 8.34. The molecule has 0 radical (unpaired) electrons. The summed E-state index contributed by atoms with van der Waals surface area (Å²) in [4.78, 5) is 4.15. The molecule has 114 valence electrons. The average molecular weight is 282 g/mol. The zero-order chi connectivity index (χ0) is 14.2. The molecule has 1 aromatic rings. The van der Waals surface area contributed by atoms with Crippen molar-refractivity contribution in [3.05, 3.63) is 12.2 Å². The van der Waals surface area contributed by atoms with Gasteiger partial charge in [-0.05, 0) is 12.8 Å². The van der Waals surface area contributed by atoms with Gasteiger partial charge in [-0.2, -0.15) is 5.10 Å². The number of aryl methyl sites for hydroxylation is 1. The predicted molar refractivity (Wildman–Crippen MR) is 76.4 cm³/mol. The van der Waals surface area contributed by atoms with E-state index in [0.717, 1.165) is 31.6 Å². The van der Waals surface area contributed by atoms with Gasteiger partial charge < -0.3 is 15.2 Å². The number of aliphatic hydroxyl groups is 1. The number of ether oxygens (including phenoxy) is 1. The van der Waals surface area contributed by atoms with Gasteiger partial charge in [0, 0.05) is 26.6 Å². The van der Waals surface area contributed by atoms with Crippen LogP contribution in [0.25, 0.3) is 0 Å². The summed E-state index contributed by atoms with van der Waals surface area (Å²) in [6.45, 7) is 1.75. The fourth-order valence-electron chi connectivity index (χ4n) is 2.51. The number of aliphatic hydroxyl groups excluding tert-OH is 1. The molecular weight excluding hydrogens is 256 g/mol. The van der Waals surface area contributed by atoms with E-state index in [2.05, 4.69) is 15.4 Å². The highest BCUT2D eigenvalue weighted by Crippen LogP contribution is 2.20. The minimum atomic E-state index is -0.436. The van der Waals surface area contributed by atoms with Gasteiger partial charge in [-0.1, -0.05) is 19.3 Å². The van der Waals surface area contributed by atoms with Gasteiger partial charge in [-0.25, -0.2) is 4.98 Å². The van der Waals surface area contributed by atoms with Gasteiger partial charge >= 0.3 is 0 Å². The van der Waals surface area contributed by atoms with E-state index >= 15 is 0 Å². The third kappa shape index (κ3) is 5.56. The van der Waals surface area contributed by atoms with Crippen LogP contribution < -0.4 is 5.32 Å². The molecule has 1 saturated carbocycles. The summed E-state index contributed by atoms with van der Waals surface area (Å²) in [7, 11) is 1.86. The maximum atomic E-state index is 9.86. The van der Waals surface area contributed by atoms with E-state index < -0.39 is 6.10 Å². The molecular formula is C14H26N4O2. The molecule has 0 spiro atoms. The Kier molecular flexibility index (Phi) is 6.42. The Balaban J connectivity index is 1.50. The van der Waals surface area contributed by atoms with Crippen LogP contribution in [-0.2, 0) is 18.2 Å². The fraction of sp³-hybridized carbons (Fsp3) is 0.857. The van der Waals surface area contributed by atoms with E-state index in [0.29, 0.717) is 19.3 Å². The lowest BCUT2D eigenvalue weighted by atomic mass is 9.98. The minimum Gasteiger partial charge on any atom is -0.389 e. The monoisotopic (exact) mass is 282 g/mol. The van der Waals surface area contributed by atoms with Crippen molar-refractivity contribution in [2.24, 2.45) is 7.05 Å². The maximum absolute atomic E-state index is 9.86. The first-order valence-electron chi connectivity index (χ1n) is 7.59. The molecule has 6 heteroatoms. The Bertz CT molecular complexity index is 377. The molecule has 1 atom stereocenters. The summed E-state index contributed by atoms with van der Waals surface area (Å²) in [5.74, 6) is 0.827. The molecule has 0 amide bonds. The molecule has 1 aliphatic rings. The molecule has 6 nitrogen and oxygen atoms in total. The molecule has 1 unspecified atom stereocenters. The van der Waals surface area contributed by atoms with Crippen LogP contribution in [0.3, 0.4) is 0 Å². The second-order valence-corrected chi connectivity index (χ2v) is 5.54. The molecule has 1 aliphatic carbocycles. The average Bonchev–Trinajstić information content (AvgIpc) is 2.88. The zero-order valence-corrected chi connectivity index (χ0v) is 12.3. The van der Waals surface area contributed by atoms with E-state index in [1.807, 2.05) is 7.05 Å². The second-order valence-electron chi connectivity index (χ2n) is 5.54. The minimum absolute atomic E-state index is 0.358. The van der Waals surface area contributed by atoms with Crippen molar-refractivity contribution in [3.8, 4) is 0 Å². The highest BCUT2D eigenvalue weighted by atomic mass is 16.5. The summed E-state index contributed by atoms with van der Waals surface area (Å²) in [5.41, 5.74) is 0. The predicted octanol–water partition coefficient (Wildman–Crippen LogP) is 0.657. The largest absolute Gasteiger partial charge is 0.389 e. The molecule has 1 aromatic heterocycles. The fourth-order valence-corrected chi connectivity index (χ4v) is 2.51. The Morgan fingerprint density at radius 1 is 1.45 bits per heavy atom. The summed E-state index contributed by atoms with van der Waals surface area (Å²) < 4.78 is 7.44. The number of hydrogen-bond acceptors (Lipinski definition) is 5. The SMILES string of the molecule is Cn1cnc(CCNCC(O)COC2CCCCC2)n1. The molecule has 20 heavy (non-hydrogen) atoms. The van der Waals surface area contributed by atoms with Gasteiger partial charge in [0.15, 0.2) is 5.82 Å². The number of hydrogen-bond donors (Lipinski definition) is 2. The Hall–Kier alpha value is -0.980. The topological polar surface area (TPSA) is 72.2 Å². The van der Waals surface area contributed by atoms with Gasteiger partial charge in [0.1, 0.15) is 6.33 Å². The first kappa shape index (κ1) is 15.4. The number of nitrogens with zero attached hydrogens (tertiary/aromatic N) is 3. The van der Waals surface area contributed by atoms with Crippen molar-refractivity contribution >= 4 is 0 Å². The number of aromatic nitrogens is 3. The first-order valence-corrected chi connectivity index (χ1v) is 7.59. The van der Waals surface area contributed by atoms with Crippen molar-refractivity contribution in [3.63, 3.8) is 0 Å². The van der Waals surface area contributed by atoms with Gasteiger partial charge in [-0.15, -0.1) is 0 Å². The van der Waals surface area contributed by atoms with Crippen LogP contribution >= 0.6 is 0 Å². The van der Waals surface area contributed by atoms with E-state index in [9.17, 15) is 5.11 Å². The van der Waals surface area contributed by atoms with Crippen molar-refractivity contribution in [1.82, 2.24) is 20.1 Å². The van der Waals surface area contributed by atoms with E-state index in [4.69, 9.17) is 4.74 Å². The van der Waals surface area contributed by atoms with Crippen molar-refractivity contribution in [2.75, 3.05) is 19.7 Å². The van der Waals surface area contributed by atoms with Crippen LogP contribution in [0.5, 0.6) is 0 Å². The van der Waals surface area contributed by atoms with Crippen molar-refractivity contribution in [2.45, 2.75) is 50.7 Å². The van der Waals surface area contributed by atoms with Crippen LogP contribution in [0.2, 0.25) is 0 Å². The van der Waals surface area contributed by atoms with Gasteiger partial charge in [0.05, 0.1) is 18.8 Å². The number of nitrogens with one attached hydrogen (secondary N) is 1. The lowest BCUT2D eigenvalue weighted by Crippen LogP contribution is -2.33. The molecule has 2 rings (SSSR count). The van der Waals surface area contributed by atoms with Crippen LogP contribution in [0, 0.1) is 0 Å². The first-order chi connectivity index (χ1) is 9.74. The smallest absolute Gasteiger partial charge is 0.151 e. The molecule has 0 aromatic carbocycles. The van der Waals surface area contributed by atoms with E-state index in [1.165, 1.54) is 19.3 Å². The molecule has 0 aliphatic heterocycles. The molecule has 1 heterocycles. The highest BCUT2D eigenvalue weighted by molar-refractivity contribution is 4.82. The quantitative estimate of drug-likeness (QED) is 0.685. The van der Waals surface area contributed by atoms with Gasteiger partial charge in [0.2, 0.25) is 0 Å². The van der Waals surface area contributed by atoms with E-state index in [1.54, 1.807) is 11.0 Å². The lowest BCUT2D eigenvalue weighted by molar-refractivity contribution is -0.0228. The van der Waals surface area contributed by atoms with Crippen LogP contribution in [-0.4, -0.2) is 51.8 Å². The van der Waals surface area contributed by atoms with E-state index in [-0.39, 0.29) is 0 Å². The normalized spacial score (nSPS) is 18.3. The van der Waals surface area contributed by atoms with Crippen molar-refractivity contribution in [1.29, 1.82) is 0 Å². The Morgan fingerprint density at radius 2 is 2.25 bits per heavy atom. The summed E-state index contributed by atoms with van der Waals surface area (Å²) in [6.07, 6.45) is 8.53. The van der Waals surface area contributed by atoms with Crippen LogP contribution in [0.4, 0.5) is 0 Å². The lowest BCUT2D eigenvalue weighted by Gasteiger charge is -2.23. The third-order valence-corrected chi connectivity index (χ3v) is 3.63. The Morgan fingerprint density at radius 3 is 2.95 bits per heavy atom. The third-order valence-electron chi connectivity index (χ3n) is 3.63.